The zero-order chi connectivity index (χ0) is 21.2. The number of carbonyl (C=O) groups is 1. The lowest BCUT2D eigenvalue weighted by atomic mass is 10.1. The van der Waals surface area contributed by atoms with Crippen molar-refractivity contribution in [3.05, 3.63) is 47.1 Å². The van der Waals surface area contributed by atoms with Crippen molar-refractivity contribution in [1.82, 2.24) is 24.6 Å². The molecular weight excluding hydrogens is 396 g/mol. The number of amides is 1. The number of aromatic nitrogens is 4. The average Bonchev–Trinajstić information content (AvgIpc) is 3.08. The molecule has 2 heterocycles. The van der Waals surface area contributed by atoms with E-state index in [1.54, 1.807) is 0 Å². The van der Waals surface area contributed by atoms with Crippen LogP contribution in [0.5, 0.6) is 0 Å². The summed E-state index contributed by atoms with van der Waals surface area (Å²) >= 11 is 0. The number of hydrogen-bond acceptors (Lipinski definition) is 6. The van der Waals surface area contributed by atoms with Gasteiger partial charge in [0.1, 0.15) is 18.3 Å². The van der Waals surface area contributed by atoms with Crippen LogP contribution in [0.4, 0.5) is 0 Å². The van der Waals surface area contributed by atoms with Gasteiger partial charge in [-0.2, -0.15) is 5.10 Å². The van der Waals surface area contributed by atoms with E-state index in [-0.39, 0.29) is 28.3 Å². The minimum Gasteiger partial charge on any atom is -0.355 e. The Morgan fingerprint density at radius 2 is 1.93 bits per heavy atom. The minimum absolute atomic E-state index is 0.0310. The highest BCUT2D eigenvalue weighted by Gasteiger charge is 2.14. The number of carbonyl (C=O) groups excluding carboxylic acids is 1. The first-order valence-corrected chi connectivity index (χ1v) is 10.5. The van der Waals surface area contributed by atoms with Gasteiger partial charge in [0.2, 0.25) is 15.9 Å². The molecule has 3 aromatic rings. The first kappa shape index (κ1) is 20.7. The van der Waals surface area contributed by atoms with Crippen LogP contribution in [0.3, 0.4) is 0 Å². The highest BCUT2D eigenvalue weighted by molar-refractivity contribution is 7.89. The summed E-state index contributed by atoms with van der Waals surface area (Å²) in [7, 11) is -3.80. The SMILES string of the molecule is CC(C)CCNC(=O)Cn1cnc2c(cnn2-c2ccc(S(N)(=O)=O)cc2)c1=O. The van der Waals surface area contributed by atoms with E-state index < -0.39 is 10.0 Å². The fraction of sp³-hybridized carbons (Fsp3) is 0.333. The molecule has 2 aromatic heterocycles. The molecule has 0 bridgehead atoms. The van der Waals surface area contributed by atoms with Gasteiger partial charge in [0.05, 0.1) is 16.8 Å². The number of hydrogen-bond donors (Lipinski definition) is 2. The van der Waals surface area contributed by atoms with Gasteiger partial charge in [0.25, 0.3) is 5.56 Å². The van der Waals surface area contributed by atoms with Crippen LogP contribution in [-0.4, -0.2) is 40.2 Å². The van der Waals surface area contributed by atoms with E-state index in [4.69, 9.17) is 5.14 Å². The molecular formula is C18H22N6O4S. The first-order valence-electron chi connectivity index (χ1n) is 9.00. The summed E-state index contributed by atoms with van der Waals surface area (Å²) in [4.78, 5) is 28.9. The molecule has 0 aliphatic rings. The predicted molar refractivity (Wildman–Crippen MR) is 107 cm³/mol. The van der Waals surface area contributed by atoms with E-state index in [9.17, 15) is 18.0 Å². The van der Waals surface area contributed by atoms with Gasteiger partial charge in [-0.25, -0.2) is 23.2 Å². The van der Waals surface area contributed by atoms with Crippen molar-refractivity contribution < 1.29 is 13.2 Å². The quantitative estimate of drug-likeness (QED) is 0.568. The van der Waals surface area contributed by atoms with Gasteiger partial charge in [-0.3, -0.25) is 14.2 Å². The Balaban J connectivity index is 1.84. The van der Waals surface area contributed by atoms with Crippen molar-refractivity contribution >= 4 is 27.0 Å². The number of nitrogens with zero attached hydrogens (tertiary/aromatic N) is 4. The second-order valence-corrected chi connectivity index (χ2v) is 8.60. The lowest BCUT2D eigenvalue weighted by molar-refractivity contribution is -0.121. The summed E-state index contributed by atoms with van der Waals surface area (Å²) in [6.07, 6.45) is 3.52. The van der Waals surface area contributed by atoms with Gasteiger partial charge < -0.3 is 5.32 Å². The molecule has 3 N–H and O–H groups in total. The van der Waals surface area contributed by atoms with E-state index in [1.807, 2.05) is 0 Å². The zero-order valence-corrected chi connectivity index (χ0v) is 16.9. The summed E-state index contributed by atoms with van der Waals surface area (Å²) in [6.45, 7) is 4.55. The number of primary sulfonamides is 1. The van der Waals surface area contributed by atoms with Gasteiger partial charge in [-0.1, -0.05) is 13.8 Å². The summed E-state index contributed by atoms with van der Waals surface area (Å²) in [6, 6.07) is 5.73. The van der Waals surface area contributed by atoms with Gasteiger partial charge in [0, 0.05) is 6.54 Å². The molecule has 1 amide bonds. The van der Waals surface area contributed by atoms with Crippen molar-refractivity contribution in [2.45, 2.75) is 31.7 Å². The molecule has 1 aromatic carbocycles. The molecule has 0 saturated carbocycles. The van der Waals surface area contributed by atoms with Crippen LogP contribution < -0.4 is 16.0 Å². The van der Waals surface area contributed by atoms with Crippen LogP contribution in [0.25, 0.3) is 16.7 Å². The third-order valence-electron chi connectivity index (χ3n) is 4.32. The Hall–Kier alpha value is -3.05. The monoisotopic (exact) mass is 418 g/mol. The summed E-state index contributed by atoms with van der Waals surface area (Å²) in [5.74, 6) is 0.209. The van der Waals surface area contributed by atoms with Gasteiger partial charge in [0.15, 0.2) is 5.65 Å². The average molecular weight is 418 g/mol. The lowest BCUT2D eigenvalue weighted by Gasteiger charge is -2.09. The van der Waals surface area contributed by atoms with Crippen LogP contribution in [0.15, 0.2) is 46.5 Å². The fourth-order valence-electron chi connectivity index (χ4n) is 2.74. The van der Waals surface area contributed by atoms with E-state index in [2.05, 4.69) is 29.2 Å². The van der Waals surface area contributed by atoms with Gasteiger partial charge in [-0.05, 0) is 36.6 Å². The maximum Gasteiger partial charge on any atom is 0.264 e. The molecule has 0 unspecified atom stereocenters. The second-order valence-electron chi connectivity index (χ2n) is 7.04. The molecule has 154 valence electrons. The first-order chi connectivity index (χ1) is 13.7. The van der Waals surface area contributed by atoms with Gasteiger partial charge in [-0.15, -0.1) is 0 Å². The van der Waals surface area contributed by atoms with Crippen molar-refractivity contribution in [1.29, 1.82) is 0 Å². The Bertz CT molecular complexity index is 1200. The van der Waals surface area contributed by atoms with Crippen LogP contribution in [0.2, 0.25) is 0 Å². The third-order valence-corrected chi connectivity index (χ3v) is 5.25. The second kappa shape index (κ2) is 8.13. The standard InChI is InChI=1S/C18H22N6O4S/c1-12(2)7-8-20-16(25)10-23-11-21-17-15(18(23)26)9-22-24(17)13-3-5-14(6-4-13)29(19,27)28/h3-6,9,11-12H,7-8,10H2,1-2H3,(H,20,25)(H2,19,27,28). The molecule has 29 heavy (non-hydrogen) atoms. The van der Waals surface area contributed by atoms with Crippen LogP contribution >= 0.6 is 0 Å². The van der Waals surface area contributed by atoms with E-state index in [0.717, 1.165) is 6.42 Å². The Morgan fingerprint density at radius 3 is 2.55 bits per heavy atom. The third kappa shape index (κ3) is 4.69. The van der Waals surface area contributed by atoms with Crippen molar-refractivity contribution in [3.63, 3.8) is 0 Å². The van der Waals surface area contributed by atoms with Crippen LogP contribution in [0.1, 0.15) is 20.3 Å². The number of nitrogens with two attached hydrogens (primary N) is 1. The van der Waals surface area contributed by atoms with Crippen molar-refractivity contribution in [2.24, 2.45) is 11.1 Å². The Labute approximate surface area is 167 Å². The maximum absolute atomic E-state index is 12.7. The molecule has 0 saturated heterocycles. The summed E-state index contributed by atoms with van der Waals surface area (Å²) in [5.41, 5.74) is 0.430. The number of nitrogens with one attached hydrogen (secondary N) is 1. The molecule has 3 rings (SSSR count). The highest BCUT2D eigenvalue weighted by atomic mass is 32.2. The molecule has 10 nitrogen and oxygen atoms in total. The molecule has 0 radical (unpaired) electrons. The molecule has 0 fully saturated rings. The summed E-state index contributed by atoms with van der Waals surface area (Å²) < 4.78 is 25.4. The largest absolute Gasteiger partial charge is 0.355 e. The number of fused-ring (bicyclic) bond motifs is 1. The smallest absolute Gasteiger partial charge is 0.264 e. The highest BCUT2D eigenvalue weighted by Crippen LogP contribution is 2.16. The topological polar surface area (TPSA) is 142 Å². The van der Waals surface area contributed by atoms with Gasteiger partial charge >= 0.3 is 0 Å². The predicted octanol–water partition coefficient (Wildman–Crippen LogP) is 0.392. The molecule has 11 heteroatoms. The lowest BCUT2D eigenvalue weighted by Crippen LogP contribution is -2.33. The molecule has 0 atom stereocenters. The zero-order valence-electron chi connectivity index (χ0n) is 16.1. The minimum atomic E-state index is -3.80. The normalized spacial score (nSPS) is 11.9. The van der Waals surface area contributed by atoms with E-state index in [0.29, 0.717) is 23.8 Å². The van der Waals surface area contributed by atoms with E-state index in [1.165, 1.54) is 46.0 Å². The molecule has 0 aliphatic heterocycles. The van der Waals surface area contributed by atoms with Crippen LogP contribution in [0, 0.1) is 5.92 Å². The number of rotatable bonds is 7. The molecule has 0 aliphatic carbocycles. The van der Waals surface area contributed by atoms with Crippen molar-refractivity contribution in [2.75, 3.05) is 6.54 Å². The summed E-state index contributed by atoms with van der Waals surface area (Å²) in [5, 5.41) is 12.3. The Kier molecular flexibility index (Phi) is 5.80. The maximum atomic E-state index is 12.7. The number of benzene rings is 1. The Morgan fingerprint density at radius 1 is 1.24 bits per heavy atom. The fourth-order valence-corrected chi connectivity index (χ4v) is 3.25. The van der Waals surface area contributed by atoms with Crippen molar-refractivity contribution in [3.8, 4) is 5.69 Å². The van der Waals surface area contributed by atoms with Crippen LogP contribution in [-0.2, 0) is 21.4 Å². The number of sulfonamides is 1. The van der Waals surface area contributed by atoms with E-state index >= 15 is 0 Å². The molecule has 0 spiro atoms.